The molecule has 2 heterocycles. The van der Waals surface area contributed by atoms with E-state index >= 15 is 0 Å². The molecule has 2 N–H and O–H groups in total. The lowest BCUT2D eigenvalue weighted by Crippen LogP contribution is -2.10. The Morgan fingerprint density at radius 1 is 1.41 bits per heavy atom. The normalized spacial score (nSPS) is 12.9. The van der Waals surface area contributed by atoms with E-state index in [0.29, 0.717) is 6.54 Å². The van der Waals surface area contributed by atoms with Crippen LogP contribution >= 0.6 is 11.8 Å². The van der Waals surface area contributed by atoms with Crippen LogP contribution in [0.25, 0.3) is 0 Å². The number of nitrogens with two attached hydrogens (primary N) is 1. The van der Waals surface area contributed by atoms with E-state index in [-0.39, 0.29) is 5.25 Å². The van der Waals surface area contributed by atoms with Gasteiger partial charge in [0.25, 0.3) is 0 Å². The zero-order valence-corrected chi connectivity index (χ0v) is 11.0. The van der Waals surface area contributed by atoms with Crippen LogP contribution in [0, 0.1) is 6.92 Å². The maximum Gasteiger partial charge on any atom is 0.191 e. The Morgan fingerprint density at radius 3 is 2.65 bits per heavy atom. The summed E-state index contributed by atoms with van der Waals surface area (Å²) in [4.78, 5) is 0. The molecule has 0 saturated carbocycles. The molecule has 0 saturated heterocycles. The van der Waals surface area contributed by atoms with Gasteiger partial charge in [-0.05, 0) is 6.92 Å². The van der Waals surface area contributed by atoms with E-state index in [1.807, 2.05) is 38.0 Å². The molecule has 0 bridgehead atoms. The first-order valence-corrected chi connectivity index (χ1v) is 6.21. The van der Waals surface area contributed by atoms with E-state index < -0.39 is 0 Å². The Morgan fingerprint density at radius 2 is 2.18 bits per heavy atom. The van der Waals surface area contributed by atoms with E-state index in [1.165, 1.54) is 0 Å². The summed E-state index contributed by atoms with van der Waals surface area (Å²) in [7, 11) is 3.85. The van der Waals surface area contributed by atoms with Crippen molar-refractivity contribution in [2.24, 2.45) is 19.8 Å². The molecule has 6 nitrogen and oxygen atoms in total. The van der Waals surface area contributed by atoms with Gasteiger partial charge in [-0.1, -0.05) is 11.8 Å². The second kappa shape index (κ2) is 4.89. The molecule has 0 spiro atoms. The fraction of sp³-hybridized carbons (Fsp3) is 0.500. The first kappa shape index (κ1) is 12.1. The number of hydrogen-bond acceptors (Lipinski definition) is 5. The maximum atomic E-state index is 5.80. The molecule has 17 heavy (non-hydrogen) atoms. The molecule has 0 amide bonds. The van der Waals surface area contributed by atoms with Gasteiger partial charge >= 0.3 is 0 Å². The van der Waals surface area contributed by atoms with Crippen LogP contribution < -0.4 is 5.73 Å². The Balaban J connectivity index is 2.18. The van der Waals surface area contributed by atoms with E-state index in [9.17, 15) is 0 Å². The lowest BCUT2D eigenvalue weighted by atomic mass is 10.2. The largest absolute Gasteiger partial charge is 0.329 e. The van der Waals surface area contributed by atoms with Crippen molar-refractivity contribution >= 4 is 11.8 Å². The van der Waals surface area contributed by atoms with Crippen LogP contribution in [-0.4, -0.2) is 31.1 Å². The van der Waals surface area contributed by atoms with Gasteiger partial charge in [0.05, 0.1) is 11.4 Å². The molecule has 0 aliphatic heterocycles. The number of aryl methyl sites for hydroxylation is 2. The predicted octanol–water partition coefficient (Wildman–Crippen LogP) is 0.649. The maximum absolute atomic E-state index is 5.80. The van der Waals surface area contributed by atoms with Gasteiger partial charge < -0.3 is 10.3 Å². The van der Waals surface area contributed by atoms with Crippen molar-refractivity contribution in [2.45, 2.75) is 17.3 Å². The van der Waals surface area contributed by atoms with E-state index in [1.54, 1.807) is 16.4 Å². The monoisotopic (exact) mass is 252 g/mol. The molecule has 2 aromatic rings. The Kier molecular flexibility index (Phi) is 3.49. The number of nitrogens with zero attached hydrogens (tertiary/aromatic N) is 5. The second-order valence-corrected chi connectivity index (χ2v) is 5.05. The molecule has 1 atom stereocenters. The van der Waals surface area contributed by atoms with Crippen molar-refractivity contribution in [3.8, 4) is 0 Å². The topological polar surface area (TPSA) is 74.6 Å². The minimum Gasteiger partial charge on any atom is -0.329 e. The summed E-state index contributed by atoms with van der Waals surface area (Å²) in [5.74, 6) is 0.898. The van der Waals surface area contributed by atoms with E-state index in [0.717, 1.165) is 16.5 Å². The van der Waals surface area contributed by atoms with Crippen LogP contribution in [0.1, 0.15) is 16.6 Å². The summed E-state index contributed by atoms with van der Waals surface area (Å²) >= 11 is 1.61. The van der Waals surface area contributed by atoms with Crippen molar-refractivity contribution < 1.29 is 0 Å². The van der Waals surface area contributed by atoms with Crippen LogP contribution in [0.5, 0.6) is 0 Å². The highest BCUT2D eigenvalue weighted by Gasteiger charge is 2.16. The van der Waals surface area contributed by atoms with Crippen molar-refractivity contribution in [2.75, 3.05) is 6.54 Å². The molecule has 0 aromatic carbocycles. The average molecular weight is 252 g/mol. The average Bonchev–Trinajstić information content (AvgIpc) is 2.86. The lowest BCUT2D eigenvalue weighted by Gasteiger charge is -2.11. The van der Waals surface area contributed by atoms with Crippen LogP contribution in [0.4, 0.5) is 0 Å². The lowest BCUT2D eigenvalue weighted by molar-refractivity contribution is 0.759. The van der Waals surface area contributed by atoms with Gasteiger partial charge in [-0.25, -0.2) is 0 Å². The summed E-state index contributed by atoms with van der Waals surface area (Å²) in [6.07, 6.45) is 3.82. The van der Waals surface area contributed by atoms with Crippen LogP contribution in [0.2, 0.25) is 0 Å². The number of hydrogen-bond donors (Lipinski definition) is 1. The molecule has 0 fully saturated rings. The Hall–Kier alpha value is -1.34. The van der Waals surface area contributed by atoms with Crippen LogP contribution in [0.15, 0.2) is 17.6 Å². The molecule has 2 aromatic heterocycles. The zero-order valence-electron chi connectivity index (χ0n) is 10.2. The zero-order chi connectivity index (χ0) is 12.4. The molecule has 7 heteroatoms. The van der Waals surface area contributed by atoms with E-state index in [2.05, 4.69) is 15.3 Å². The summed E-state index contributed by atoms with van der Waals surface area (Å²) in [5.41, 5.74) is 6.92. The Labute approximate surface area is 104 Å². The van der Waals surface area contributed by atoms with E-state index in [4.69, 9.17) is 5.73 Å². The standard InChI is InChI=1S/C10H16N6S/c1-7-13-14-10(16(7)3)17-9(4-11)8-5-12-15(2)6-8/h5-6,9H,4,11H2,1-3H3. The van der Waals surface area contributed by atoms with Gasteiger partial charge in [-0.15, -0.1) is 10.2 Å². The summed E-state index contributed by atoms with van der Waals surface area (Å²) < 4.78 is 3.74. The van der Waals surface area contributed by atoms with Crippen LogP contribution in [-0.2, 0) is 14.1 Å². The highest BCUT2D eigenvalue weighted by Crippen LogP contribution is 2.32. The molecule has 2 rings (SSSR count). The third kappa shape index (κ3) is 2.50. The minimum atomic E-state index is 0.158. The first-order valence-electron chi connectivity index (χ1n) is 5.33. The molecule has 0 aliphatic carbocycles. The second-order valence-electron chi connectivity index (χ2n) is 3.88. The quantitative estimate of drug-likeness (QED) is 0.809. The minimum absolute atomic E-state index is 0.158. The molecule has 92 valence electrons. The van der Waals surface area contributed by atoms with Crippen molar-refractivity contribution in [1.82, 2.24) is 24.5 Å². The van der Waals surface area contributed by atoms with Gasteiger partial charge in [0.15, 0.2) is 5.16 Å². The molecular formula is C10H16N6S. The SMILES string of the molecule is Cc1nnc(SC(CN)c2cnn(C)c2)n1C. The first-order chi connectivity index (χ1) is 8.11. The Bertz CT molecular complexity index is 503. The molecular weight excluding hydrogens is 236 g/mol. The fourth-order valence-electron chi connectivity index (χ4n) is 1.48. The van der Waals surface area contributed by atoms with Crippen molar-refractivity contribution in [3.63, 3.8) is 0 Å². The molecule has 1 unspecified atom stereocenters. The highest BCUT2D eigenvalue weighted by molar-refractivity contribution is 7.99. The smallest absolute Gasteiger partial charge is 0.191 e. The predicted molar refractivity (Wildman–Crippen MR) is 66.6 cm³/mol. The van der Waals surface area contributed by atoms with Gasteiger partial charge in [0.1, 0.15) is 5.82 Å². The van der Waals surface area contributed by atoms with Gasteiger partial charge in [-0.2, -0.15) is 5.10 Å². The van der Waals surface area contributed by atoms with Gasteiger partial charge in [0, 0.05) is 32.4 Å². The number of aromatic nitrogens is 5. The van der Waals surface area contributed by atoms with Gasteiger partial charge in [0.2, 0.25) is 0 Å². The molecule has 0 radical (unpaired) electrons. The van der Waals surface area contributed by atoms with Crippen LogP contribution in [0.3, 0.4) is 0 Å². The highest BCUT2D eigenvalue weighted by atomic mass is 32.2. The number of thioether (sulfide) groups is 1. The van der Waals surface area contributed by atoms with Gasteiger partial charge in [-0.3, -0.25) is 4.68 Å². The van der Waals surface area contributed by atoms with Crippen molar-refractivity contribution in [3.05, 3.63) is 23.8 Å². The third-order valence-electron chi connectivity index (χ3n) is 2.61. The summed E-state index contributed by atoms with van der Waals surface area (Å²) in [6, 6.07) is 0. The number of rotatable bonds is 4. The summed E-state index contributed by atoms with van der Waals surface area (Å²) in [6.45, 7) is 2.47. The summed E-state index contributed by atoms with van der Waals surface area (Å²) in [5, 5.41) is 13.4. The third-order valence-corrected chi connectivity index (χ3v) is 3.93. The van der Waals surface area contributed by atoms with Crippen molar-refractivity contribution in [1.29, 1.82) is 0 Å². The fourth-order valence-corrected chi connectivity index (χ4v) is 2.46. The molecule has 0 aliphatic rings.